The van der Waals surface area contributed by atoms with Crippen molar-refractivity contribution < 1.29 is 23.1 Å². The molecule has 2 atom stereocenters. The molecule has 2 aliphatic rings. The van der Waals surface area contributed by atoms with Gasteiger partial charge in [0, 0.05) is 31.9 Å². The molecule has 1 saturated heterocycles. The van der Waals surface area contributed by atoms with Crippen molar-refractivity contribution in [3.63, 3.8) is 0 Å². The van der Waals surface area contributed by atoms with Gasteiger partial charge in [-0.15, -0.1) is 0 Å². The zero-order valence-corrected chi connectivity index (χ0v) is 25.2. The topological polar surface area (TPSA) is 116 Å². The molecule has 1 amide bonds. The molecule has 1 fully saturated rings. The lowest BCUT2D eigenvalue weighted by atomic mass is 9.99. The van der Waals surface area contributed by atoms with E-state index in [1.807, 2.05) is 25.7 Å². The monoisotopic (exact) mass is 619 g/mol. The van der Waals surface area contributed by atoms with E-state index in [0.717, 1.165) is 12.1 Å². The summed E-state index contributed by atoms with van der Waals surface area (Å²) in [6, 6.07) is 2.71. The number of nitrogens with one attached hydrogen (secondary N) is 1. The van der Waals surface area contributed by atoms with Crippen LogP contribution in [0.25, 0.3) is 28.0 Å². The van der Waals surface area contributed by atoms with Crippen molar-refractivity contribution in [2.45, 2.75) is 52.1 Å². The van der Waals surface area contributed by atoms with E-state index in [0.29, 0.717) is 36.5 Å². The van der Waals surface area contributed by atoms with Crippen LogP contribution >= 0.6 is 0 Å². The van der Waals surface area contributed by atoms with Gasteiger partial charge in [0.15, 0.2) is 23.1 Å². The summed E-state index contributed by atoms with van der Waals surface area (Å²) in [5.74, 6) is -4.80. The van der Waals surface area contributed by atoms with Gasteiger partial charge in [0.05, 0.1) is 34.1 Å². The Labute approximate surface area is 256 Å². The first kappa shape index (κ1) is 30.1. The Bertz CT molecular complexity index is 1940. The van der Waals surface area contributed by atoms with Crippen LogP contribution in [0.15, 0.2) is 41.8 Å². The van der Waals surface area contributed by atoms with Crippen LogP contribution in [0.2, 0.25) is 0 Å². The molecule has 1 aromatic carbocycles. The molecule has 2 N–H and O–H groups in total. The Hall–Kier alpha value is -4.94. The minimum absolute atomic E-state index is 0.0811. The Kier molecular flexibility index (Phi) is 7.50. The molecule has 0 bridgehead atoms. The molecule has 10 nitrogen and oxygen atoms in total. The predicted octanol–water partition coefficient (Wildman–Crippen LogP) is 4.80. The van der Waals surface area contributed by atoms with Gasteiger partial charge >= 0.3 is 5.69 Å². The number of hydrogen-bond donors (Lipinski definition) is 2. The molecule has 2 aliphatic heterocycles. The number of fused-ring (bicyclic) bond motifs is 2. The lowest BCUT2D eigenvalue weighted by Crippen LogP contribution is -2.60. The van der Waals surface area contributed by atoms with Gasteiger partial charge in [-0.05, 0) is 56.0 Å². The van der Waals surface area contributed by atoms with E-state index in [1.165, 1.54) is 10.6 Å². The number of piperazine rings is 1. The van der Waals surface area contributed by atoms with Crippen molar-refractivity contribution in [3.8, 4) is 22.7 Å². The molecule has 2 unspecified atom stereocenters. The molecule has 0 aliphatic carbocycles. The van der Waals surface area contributed by atoms with Gasteiger partial charge in [0.2, 0.25) is 5.91 Å². The Morgan fingerprint density at radius 2 is 1.91 bits per heavy atom. The minimum atomic E-state index is -1.49. The Balaban J connectivity index is 1.75. The molecule has 234 valence electrons. The average Bonchev–Trinajstić information content (AvgIpc) is 2.99. The zero-order chi connectivity index (χ0) is 32.3. The molecular formula is C32H32F3N7O3. The second kappa shape index (κ2) is 11.2. The second-order valence-corrected chi connectivity index (χ2v) is 11.7. The fourth-order valence-corrected chi connectivity index (χ4v) is 6.45. The lowest BCUT2D eigenvalue weighted by Gasteiger charge is -2.47. The molecule has 0 spiro atoms. The van der Waals surface area contributed by atoms with E-state index in [-0.39, 0.29) is 53.0 Å². The number of anilines is 2. The number of halogens is 3. The van der Waals surface area contributed by atoms with Crippen LogP contribution in [0.3, 0.4) is 0 Å². The third kappa shape index (κ3) is 4.77. The maximum atomic E-state index is 16.6. The number of hydrogen-bond acceptors (Lipinski definition) is 8. The summed E-state index contributed by atoms with van der Waals surface area (Å²) in [5, 5.41) is 13.8. The maximum Gasteiger partial charge on any atom is 0.355 e. The normalized spacial score (nSPS) is 18.0. The number of amides is 1. The summed E-state index contributed by atoms with van der Waals surface area (Å²) >= 11 is 0. The number of rotatable bonds is 4. The number of phenolic OH excluding ortho intramolecular Hbond substituents is 1. The average molecular weight is 620 g/mol. The Morgan fingerprint density at radius 1 is 1.16 bits per heavy atom. The number of carbonyl (C=O) groups excluding carboxylic acids is 1. The second-order valence-electron chi connectivity index (χ2n) is 11.7. The molecule has 6 rings (SSSR count). The quantitative estimate of drug-likeness (QED) is 0.313. The van der Waals surface area contributed by atoms with Crippen molar-refractivity contribution in [2.24, 2.45) is 0 Å². The summed E-state index contributed by atoms with van der Waals surface area (Å²) in [6.07, 6.45) is 3.29. The van der Waals surface area contributed by atoms with Crippen molar-refractivity contribution in [1.29, 1.82) is 0 Å². The van der Waals surface area contributed by atoms with E-state index in [2.05, 4.69) is 26.8 Å². The van der Waals surface area contributed by atoms with E-state index >= 15 is 8.78 Å². The Morgan fingerprint density at radius 3 is 2.62 bits per heavy atom. The molecule has 13 heteroatoms. The van der Waals surface area contributed by atoms with Gasteiger partial charge in [0.1, 0.15) is 17.3 Å². The molecule has 0 radical (unpaired) electrons. The van der Waals surface area contributed by atoms with Crippen LogP contribution in [0, 0.1) is 24.4 Å². The highest BCUT2D eigenvalue weighted by Gasteiger charge is 2.39. The predicted molar refractivity (Wildman–Crippen MR) is 164 cm³/mol. The number of aromatic hydroxyl groups is 1. The third-order valence-electron chi connectivity index (χ3n) is 8.48. The number of pyridine rings is 2. The molecular weight excluding hydrogens is 587 g/mol. The van der Waals surface area contributed by atoms with Crippen LogP contribution in [0.5, 0.6) is 5.75 Å². The summed E-state index contributed by atoms with van der Waals surface area (Å²) in [6.45, 7) is 11.9. The van der Waals surface area contributed by atoms with Gasteiger partial charge in [0.25, 0.3) is 0 Å². The van der Waals surface area contributed by atoms with Crippen LogP contribution < -0.4 is 15.9 Å². The highest BCUT2D eigenvalue weighted by Crippen LogP contribution is 2.43. The molecule has 5 heterocycles. The molecule has 4 aromatic rings. The number of aromatic nitrogens is 4. The fraction of sp³-hybridized carbons (Fsp3) is 0.344. The third-order valence-corrected chi connectivity index (χ3v) is 8.48. The van der Waals surface area contributed by atoms with E-state index in [4.69, 9.17) is 0 Å². The minimum Gasteiger partial charge on any atom is -0.507 e. The SMILES string of the molecule is C=CC(=O)N1CC(C)N2c3nc(=O)n(-c4c(C)ccnc4C(C)C)c4nc(-c5c(O)ccc(F)c5F)c(F)c(c34)NCCC2C1. The van der Waals surface area contributed by atoms with Gasteiger partial charge in [-0.3, -0.25) is 9.78 Å². The number of nitrogens with zero attached hydrogens (tertiary/aromatic N) is 6. The standard InChI is InChI=1S/C32H32F3N7O3/c1-6-21(44)40-13-17(5)41-18(14-40)10-12-37-27-23-30(38-28(25(27)35)22-20(43)8-7-19(33)24(22)34)42(32(45)39-31(23)41)29-16(4)9-11-36-26(29)15(2)3/h6-9,11,15,17-18,37,43H,1,10,12-14H2,2-5H3. The summed E-state index contributed by atoms with van der Waals surface area (Å²) in [7, 11) is 0. The summed E-state index contributed by atoms with van der Waals surface area (Å²) < 4.78 is 47.5. The first-order chi connectivity index (χ1) is 21.4. The maximum absolute atomic E-state index is 16.6. The highest BCUT2D eigenvalue weighted by molar-refractivity contribution is 6.02. The van der Waals surface area contributed by atoms with Crippen LogP contribution in [-0.4, -0.2) is 67.2 Å². The molecule has 0 saturated carbocycles. The number of aryl methyl sites for hydroxylation is 1. The van der Waals surface area contributed by atoms with E-state index in [1.54, 1.807) is 24.1 Å². The first-order valence-corrected chi connectivity index (χ1v) is 14.7. The number of phenols is 1. The van der Waals surface area contributed by atoms with Gasteiger partial charge in [-0.2, -0.15) is 4.98 Å². The first-order valence-electron chi connectivity index (χ1n) is 14.7. The van der Waals surface area contributed by atoms with Crippen LogP contribution in [-0.2, 0) is 4.79 Å². The van der Waals surface area contributed by atoms with Crippen molar-refractivity contribution in [2.75, 3.05) is 29.9 Å². The van der Waals surface area contributed by atoms with Gasteiger partial charge in [-0.1, -0.05) is 20.4 Å². The van der Waals surface area contributed by atoms with Crippen molar-refractivity contribution in [3.05, 3.63) is 76.2 Å². The lowest BCUT2D eigenvalue weighted by molar-refractivity contribution is -0.127. The largest absolute Gasteiger partial charge is 0.507 e. The van der Waals surface area contributed by atoms with E-state index < -0.39 is 40.1 Å². The smallest absolute Gasteiger partial charge is 0.355 e. The van der Waals surface area contributed by atoms with E-state index in [9.17, 15) is 19.1 Å². The summed E-state index contributed by atoms with van der Waals surface area (Å²) in [4.78, 5) is 43.8. The highest BCUT2D eigenvalue weighted by atomic mass is 19.2. The van der Waals surface area contributed by atoms with Crippen molar-refractivity contribution >= 4 is 28.4 Å². The van der Waals surface area contributed by atoms with Gasteiger partial charge in [-0.25, -0.2) is 27.5 Å². The van der Waals surface area contributed by atoms with Crippen molar-refractivity contribution in [1.82, 2.24) is 24.4 Å². The summed E-state index contributed by atoms with van der Waals surface area (Å²) in [5.41, 5.74) is -0.824. The number of benzene rings is 1. The fourth-order valence-electron chi connectivity index (χ4n) is 6.45. The van der Waals surface area contributed by atoms with Crippen LogP contribution in [0.1, 0.15) is 44.4 Å². The molecule has 45 heavy (non-hydrogen) atoms. The number of carbonyl (C=O) groups is 1. The van der Waals surface area contributed by atoms with Gasteiger partial charge < -0.3 is 20.2 Å². The van der Waals surface area contributed by atoms with Crippen LogP contribution in [0.4, 0.5) is 24.7 Å². The molecule has 3 aromatic heterocycles. The zero-order valence-electron chi connectivity index (χ0n) is 25.2.